The minimum absolute atomic E-state index is 0.117. The average molecular weight is 401 g/mol. The highest BCUT2D eigenvalue weighted by Gasteiger charge is 2.30. The zero-order valence-electron chi connectivity index (χ0n) is 16.1. The van der Waals surface area contributed by atoms with Crippen molar-refractivity contribution in [3.05, 3.63) is 69.3 Å². The number of carbonyl (C=O) groups excluding carboxylic acids is 1. The van der Waals surface area contributed by atoms with Crippen molar-refractivity contribution >= 4 is 39.9 Å². The average Bonchev–Trinajstić information content (AvgIpc) is 3.22. The van der Waals surface area contributed by atoms with Crippen molar-refractivity contribution in [3.63, 3.8) is 0 Å². The van der Waals surface area contributed by atoms with Crippen molar-refractivity contribution in [3.8, 4) is 0 Å². The smallest absolute Gasteiger partial charge is 0.230 e. The number of nitrogens with zero attached hydrogens (tertiary/aromatic N) is 4. The normalized spacial score (nSPS) is 16.1. The van der Waals surface area contributed by atoms with E-state index in [0.29, 0.717) is 29.6 Å². The molecule has 0 unspecified atom stereocenters. The molecule has 1 atom stereocenters. The van der Waals surface area contributed by atoms with E-state index in [1.54, 1.807) is 11.3 Å². The van der Waals surface area contributed by atoms with E-state index in [-0.39, 0.29) is 11.7 Å². The monoisotopic (exact) mass is 401 g/mol. The van der Waals surface area contributed by atoms with Crippen LogP contribution in [0, 0.1) is 13.8 Å². The summed E-state index contributed by atoms with van der Waals surface area (Å²) in [6, 6.07) is 12.0. The predicted octanol–water partition coefficient (Wildman–Crippen LogP) is 4.75. The number of carbonyl (C=O) groups is 1. The molecule has 0 aliphatic heterocycles. The lowest BCUT2D eigenvalue weighted by atomic mass is 9.84. The zero-order chi connectivity index (χ0) is 20.0. The van der Waals surface area contributed by atoms with E-state index in [0.717, 1.165) is 28.7 Å². The van der Waals surface area contributed by atoms with Gasteiger partial charge in [-0.05, 0) is 37.8 Å². The Morgan fingerprint density at radius 2 is 1.72 bits per heavy atom. The first kappa shape index (κ1) is 17.9. The Kier molecular flexibility index (Phi) is 4.32. The maximum atomic E-state index is 12.8. The van der Waals surface area contributed by atoms with Gasteiger partial charge in [0, 0.05) is 22.6 Å². The van der Waals surface area contributed by atoms with Gasteiger partial charge < -0.3 is 0 Å². The van der Waals surface area contributed by atoms with E-state index in [9.17, 15) is 4.79 Å². The van der Waals surface area contributed by atoms with Crippen LogP contribution in [-0.2, 0) is 6.42 Å². The van der Waals surface area contributed by atoms with E-state index in [4.69, 9.17) is 0 Å². The van der Waals surface area contributed by atoms with Crippen LogP contribution in [0.3, 0.4) is 0 Å². The summed E-state index contributed by atoms with van der Waals surface area (Å²) in [5.74, 6) is 1.18. The first-order chi connectivity index (χ1) is 14.1. The molecule has 144 valence electrons. The second kappa shape index (κ2) is 7.00. The molecule has 0 saturated carbocycles. The Labute approximate surface area is 172 Å². The summed E-state index contributed by atoms with van der Waals surface area (Å²) in [4.78, 5) is 32.3. The van der Waals surface area contributed by atoms with Gasteiger partial charge in [-0.3, -0.25) is 10.1 Å². The van der Waals surface area contributed by atoms with Crippen molar-refractivity contribution in [2.45, 2.75) is 32.6 Å². The third kappa shape index (κ3) is 3.27. The first-order valence-electron chi connectivity index (χ1n) is 9.53. The third-order valence-electron chi connectivity index (χ3n) is 5.28. The summed E-state index contributed by atoms with van der Waals surface area (Å²) in [5, 5.41) is 6.21. The van der Waals surface area contributed by atoms with E-state index in [1.165, 1.54) is 4.88 Å². The van der Waals surface area contributed by atoms with Crippen LogP contribution >= 0.6 is 11.3 Å². The fourth-order valence-electron chi connectivity index (χ4n) is 3.95. The fourth-order valence-corrected chi connectivity index (χ4v) is 4.78. The highest BCUT2D eigenvalue weighted by atomic mass is 32.1. The molecule has 0 saturated heterocycles. The second-order valence-electron chi connectivity index (χ2n) is 7.27. The number of thiophene rings is 1. The van der Waals surface area contributed by atoms with Gasteiger partial charge in [-0.1, -0.05) is 24.3 Å². The summed E-state index contributed by atoms with van der Waals surface area (Å²) < 4.78 is 0. The minimum atomic E-state index is 0.117. The number of ketones is 1. The van der Waals surface area contributed by atoms with Crippen LogP contribution in [0.4, 0.5) is 11.9 Å². The number of Topliss-reactive ketones (excluding diaryl/α,β-unsaturated/α-hetero) is 1. The fraction of sp³-hybridized carbons (Fsp3) is 0.227. The van der Waals surface area contributed by atoms with Crippen molar-refractivity contribution in [1.82, 2.24) is 19.9 Å². The number of benzene rings is 1. The van der Waals surface area contributed by atoms with Crippen LogP contribution in [0.1, 0.15) is 44.7 Å². The van der Waals surface area contributed by atoms with Crippen LogP contribution in [0.25, 0.3) is 10.9 Å². The molecule has 1 aromatic carbocycles. The van der Waals surface area contributed by atoms with Crippen molar-refractivity contribution in [2.24, 2.45) is 0 Å². The van der Waals surface area contributed by atoms with Gasteiger partial charge >= 0.3 is 0 Å². The number of anilines is 2. The maximum absolute atomic E-state index is 12.8. The summed E-state index contributed by atoms with van der Waals surface area (Å²) in [5.41, 5.74) is 3.92. The minimum Gasteiger partial charge on any atom is -0.294 e. The number of rotatable bonds is 3. The van der Waals surface area contributed by atoms with Crippen molar-refractivity contribution in [1.29, 1.82) is 0 Å². The molecule has 1 N–H and O–H groups in total. The number of fused-ring (bicyclic) bond motifs is 2. The Morgan fingerprint density at radius 1 is 0.931 bits per heavy atom. The molecular weight excluding hydrogens is 382 g/mol. The zero-order valence-corrected chi connectivity index (χ0v) is 17.0. The number of nitrogens with one attached hydrogen (secondary N) is 1. The SMILES string of the molecule is Cc1nc(Nc2nc(C)c3ccccc3n2)nc2c1C(=O)C[C@H](c1cccs1)C2. The lowest BCUT2D eigenvalue weighted by molar-refractivity contribution is 0.0962. The van der Waals surface area contributed by atoms with Crippen LogP contribution in [0.15, 0.2) is 41.8 Å². The van der Waals surface area contributed by atoms with E-state index < -0.39 is 0 Å². The van der Waals surface area contributed by atoms with Gasteiger partial charge in [0.2, 0.25) is 11.9 Å². The highest BCUT2D eigenvalue weighted by Crippen LogP contribution is 2.35. The molecular formula is C22H19N5OS. The van der Waals surface area contributed by atoms with Gasteiger partial charge in [-0.15, -0.1) is 11.3 Å². The quantitative estimate of drug-likeness (QED) is 0.533. The number of aromatic nitrogens is 4. The summed E-state index contributed by atoms with van der Waals surface area (Å²) >= 11 is 1.69. The second-order valence-corrected chi connectivity index (χ2v) is 8.25. The Bertz CT molecular complexity index is 1240. The van der Waals surface area contributed by atoms with Gasteiger partial charge in [0.15, 0.2) is 5.78 Å². The molecule has 0 bridgehead atoms. The Hall–Kier alpha value is -3.19. The lowest BCUT2D eigenvalue weighted by Gasteiger charge is -2.23. The predicted molar refractivity (Wildman–Crippen MR) is 114 cm³/mol. The lowest BCUT2D eigenvalue weighted by Crippen LogP contribution is -2.22. The number of hydrogen-bond acceptors (Lipinski definition) is 7. The van der Waals surface area contributed by atoms with Crippen molar-refractivity contribution in [2.75, 3.05) is 5.32 Å². The van der Waals surface area contributed by atoms with E-state index in [2.05, 4.69) is 31.3 Å². The number of hydrogen-bond donors (Lipinski definition) is 1. The highest BCUT2D eigenvalue weighted by molar-refractivity contribution is 7.10. The Balaban J connectivity index is 1.50. The standard InChI is InChI=1S/C22H19N5OS/c1-12-15-6-3-4-7-16(15)25-21(23-12)27-22-24-13(2)20-17(26-22)10-14(11-18(20)28)19-8-5-9-29-19/h3-9,14H,10-11H2,1-2H3,(H,23,24,25,26,27)/t14-/m1/s1. The molecule has 29 heavy (non-hydrogen) atoms. The molecule has 7 heteroatoms. The van der Waals surface area contributed by atoms with Gasteiger partial charge in [0.1, 0.15) is 0 Å². The first-order valence-corrected chi connectivity index (χ1v) is 10.4. The summed E-state index contributed by atoms with van der Waals surface area (Å²) in [7, 11) is 0. The number of aryl methyl sites for hydroxylation is 2. The van der Waals surface area contributed by atoms with Crippen LogP contribution in [-0.4, -0.2) is 25.7 Å². The maximum Gasteiger partial charge on any atom is 0.230 e. The van der Waals surface area contributed by atoms with E-state index in [1.807, 2.05) is 49.6 Å². The molecule has 3 heterocycles. The van der Waals surface area contributed by atoms with Gasteiger partial charge in [0.05, 0.1) is 28.2 Å². The molecule has 5 rings (SSSR count). The van der Waals surface area contributed by atoms with E-state index >= 15 is 0 Å². The summed E-state index contributed by atoms with van der Waals surface area (Å²) in [6.07, 6.45) is 1.24. The molecule has 6 nitrogen and oxygen atoms in total. The van der Waals surface area contributed by atoms with Gasteiger partial charge in [-0.25, -0.2) is 19.9 Å². The largest absolute Gasteiger partial charge is 0.294 e. The van der Waals surface area contributed by atoms with Gasteiger partial charge in [-0.2, -0.15) is 0 Å². The molecule has 1 aliphatic rings. The van der Waals surface area contributed by atoms with Crippen LogP contribution in [0.5, 0.6) is 0 Å². The molecule has 4 aromatic rings. The third-order valence-corrected chi connectivity index (χ3v) is 6.31. The molecule has 1 aliphatic carbocycles. The number of para-hydroxylation sites is 1. The molecule has 0 fully saturated rings. The molecule has 0 amide bonds. The van der Waals surface area contributed by atoms with Crippen LogP contribution < -0.4 is 5.32 Å². The summed E-state index contributed by atoms with van der Waals surface area (Å²) in [6.45, 7) is 3.82. The molecule has 3 aromatic heterocycles. The topological polar surface area (TPSA) is 80.7 Å². The molecule has 0 spiro atoms. The van der Waals surface area contributed by atoms with Gasteiger partial charge in [0.25, 0.3) is 0 Å². The van der Waals surface area contributed by atoms with Crippen molar-refractivity contribution < 1.29 is 4.79 Å². The molecule has 0 radical (unpaired) electrons. The van der Waals surface area contributed by atoms with Crippen LogP contribution in [0.2, 0.25) is 0 Å². The Morgan fingerprint density at radius 3 is 2.55 bits per heavy atom.